The number of aryl methyl sites for hydroxylation is 2. The Morgan fingerprint density at radius 1 is 0.889 bits per heavy atom. The van der Waals surface area contributed by atoms with Crippen LogP contribution in [0, 0.1) is 13.8 Å². The van der Waals surface area contributed by atoms with E-state index in [2.05, 4.69) is 0 Å². The molecule has 3 nitrogen and oxygen atoms in total. The van der Waals surface area contributed by atoms with Gasteiger partial charge in [0.2, 0.25) is 10.0 Å². The SMILES string of the molecule is Cc1ccc(-c2cc(C)ccc2S(N)(=O)=O)cc1. The fourth-order valence-electron chi connectivity index (χ4n) is 1.85. The molecular formula is C14H15NO2S. The van der Waals surface area contributed by atoms with Crippen LogP contribution in [-0.4, -0.2) is 8.42 Å². The van der Waals surface area contributed by atoms with Gasteiger partial charge in [0.1, 0.15) is 0 Å². The molecule has 0 unspecified atom stereocenters. The molecular weight excluding hydrogens is 246 g/mol. The Kier molecular flexibility index (Phi) is 3.24. The van der Waals surface area contributed by atoms with E-state index in [0.717, 1.165) is 16.7 Å². The molecule has 2 rings (SSSR count). The van der Waals surface area contributed by atoms with Crippen LogP contribution in [0.15, 0.2) is 47.4 Å². The van der Waals surface area contributed by atoms with E-state index >= 15 is 0 Å². The van der Waals surface area contributed by atoms with Gasteiger partial charge >= 0.3 is 0 Å². The van der Waals surface area contributed by atoms with Gasteiger partial charge < -0.3 is 0 Å². The van der Waals surface area contributed by atoms with Gasteiger partial charge in [0.15, 0.2) is 0 Å². The van der Waals surface area contributed by atoms with E-state index in [4.69, 9.17) is 5.14 Å². The van der Waals surface area contributed by atoms with Crippen molar-refractivity contribution in [2.45, 2.75) is 18.7 Å². The van der Waals surface area contributed by atoms with E-state index in [0.29, 0.717) is 5.56 Å². The summed E-state index contributed by atoms with van der Waals surface area (Å²) in [5.41, 5.74) is 3.63. The lowest BCUT2D eigenvalue weighted by molar-refractivity contribution is 0.598. The maximum atomic E-state index is 11.6. The third-order valence-electron chi connectivity index (χ3n) is 2.80. The van der Waals surface area contributed by atoms with Gasteiger partial charge in [-0.15, -0.1) is 0 Å². The molecule has 0 saturated heterocycles. The lowest BCUT2D eigenvalue weighted by atomic mass is 10.0. The van der Waals surface area contributed by atoms with Crippen molar-refractivity contribution in [2.75, 3.05) is 0 Å². The highest BCUT2D eigenvalue weighted by molar-refractivity contribution is 7.89. The van der Waals surface area contributed by atoms with E-state index in [9.17, 15) is 8.42 Å². The summed E-state index contributed by atoms with van der Waals surface area (Å²) in [5.74, 6) is 0. The summed E-state index contributed by atoms with van der Waals surface area (Å²) in [5, 5.41) is 5.25. The maximum Gasteiger partial charge on any atom is 0.238 e. The second kappa shape index (κ2) is 4.55. The summed E-state index contributed by atoms with van der Waals surface area (Å²) in [7, 11) is -3.71. The van der Waals surface area contributed by atoms with Gasteiger partial charge in [-0.2, -0.15) is 0 Å². The van der Waals surface area contributed by atoms with Crippen LogP contribution < -0.4 is 5.14 Å². The molecule has 0 saturated carbocycles. The van der Waals surface area contributed by atoms with Crippen molar-refractivity contribution in [3.05, 3.63) is 53.6 Å². The normalized spacial score (nSPS) is 11.5. The molecule has 0 spiro atoms. The number of sulfonamides is 1. The predicted molar refractivity (Wildman–Crippen MR) is 72.7 cm³/mol. The van der Waals surface area contributed by atoms with E-state index in [1.54, 1.807) is 12.1 Å². The Morgan fingerprint density at radius 2 is 1.44 bits per heavy atom. The molecule has 0 amide bonds. The lowest BCUT2D eigenvalue weighted by Crippen LogP contribution is -2.13. The molecule has 2 N–H and O–H groups in total. The van der Waals surface area contributed by atoms with Gasteiger partial charge in [-0.05, 0) is 25.5 Å². The first-order chi connectivity index (χ1) is 8.38. The van der Waals surface area contributed by atoms with Gasteiger partial charge in [0, 0.05) is 5.56 Å². The second-order valence-electron chi connectivity index (χ2n) is 4.41. The highest BCUT2D eigenvalue weighted by Crippen LogP contribution is 2.27. The summed E-state index contributed by atoms with van der Waals surface area (Å²) in [6.45, 7) is 3.91. The summed E-state index contributed by atoms with van der Waals surface area (Å²) in [6.07, 6.45) is 0. The van der Waals surface area contributed by atoms with E-state index < -0.39 is 10.0 Å². The molecule has 0 aliphatic heterocycles. The molecule has 0 radical (unpaired) electrons. The summed E-state index contributed by atoms with van der Waals surface area (Å²) in [4.78, 5) is 0.164. The smallest absolute Gasteiger partial charge is 0.225 e. The van der Waals surface area contributed by atoms with Gasteiger partial charge in [-0.25, -0.2) is 13.6 Å². The van der Waals surface area contributed by atoms with E-state index in [-0.39, 0.29) is 4.90 Å². The number of hydrogen-bond acceptors (Lipinski definition) is 2. The Hall–Kier alpha value is -1.65. The van der Waals surface area contributed by atoms with Gasteiger partial charge in [-0.1, -0.05) is 47.5 Å². The first-order valence-electron chi connectivity index (χ1n) is 5.58. The van der Waals surface area contributed by atoms with Crippen molar-refractivity contribution in [2.24, 2.45) is 5.14 Å². The van der Waals surface area contributed by atoms with Crippen molar-refractivity contribution >= 4 is 10.0 Å². The van der Waals surface area contributed by atoms with Crippen molar-refractivity contribution < 1.29 is 8.42 Å². The molecule has 0 aliphatic rings. The minimum Gasteiger partial charge on any atom is -0.225 e. The molecule has 0 fully saturated rings. The van der Waals surface area contributed by atoms with Crippen LogP contribution in [-0.2, 0) is 10.0 Å². The Bertz CT molecular complexity index is 673. The maximum absolute atomic E-state index is 11.6. The van der Waals surface area contributed by atoms with Crippen LogP contribution in [0.4, 0.5) is 0 Å². The highest BCUT2D eigenvalue weighted by atomic mass is 32.2. The van der Waals surface area contributed by atoms with Gasteiger partial charge in [0.05, 0.1) is 4.90 Å². The molecule has 94 valence electrons. The van der Waals surface area contributed by atoms with Crippen molar-refractivity contribution in [1.29, 1.82) is 0 Å². The number of benzene rings is 2. The molecule has 0 atom stereocenters. The van der Waals surface area contributed by atoms with Gasteiger partial charge in [-0.3, -0.25) is 0 Å². The van der Waals surface area contributed by atoms with Crippen LogP contribution in [0.5, 0.6) is 0 Å². The Labute approximate surface area is 107 Å². The fourth-order valence-corrected chi connectivity index (χ4v) is 2.59. The molecule has 4 heteroatoms. The average Bonchev–Trinajstić information content (AvgIpc) is 2.28. The Balaban J connectivity index is 2.69. The monoisotopic (exact) mass is 261 g/mol. The van der Waals surface area contributed by atoms with Gasteiger partial charge in [0.25, 0.3) is 0 Å². The van der Waals surface area contributed by atoms with Crippen LogP contribution in [0.2, 0.25) is 0 Å². The molecule has 2 aromatic rings. The fraction of sp³-hybridized carbons (Fsp3) is 0.143. The number of rotatable bonds is 2. The standard InChI is InChI=1S/C14H15NO2S/c1-10-3-6-12(7-4-10)13-9-11(2)5-8-14(13)18(15,16)17/h3-9H,1-2H3,(H2,15,16,17). The summed E-state index contributed by atoms with van der Waals surface area (Å²) in [6, 6.07) is 12.8. The van der Waals surface area contributed by atoms with E-state index in [1.165, 1.54) is 0 Å². The largest absolute Gasteiger partial charge is 0.238 e. The second-order valence-corrected chi connectivity index (χ2v) is 5.94. The molecule has 2 aromatic carbocycles. The van der Waals surface area contributed by atoms with Crippen LogP contribution in [0.25, 0.3) is 11.1 Å². The molecule has 0 heterocycles. The van der Waals surface area contributed by atoms with Crippen LogP contribution in [0.3, 0.4) is 0 Å². The number of primary sulfonamides is 1. The minimum absolute atomic E-state index is 0.164. The topological polar surface area (TPSA) is 60.2 Å². The predicted octanol–water partition coefficient (Wildman–Crippen LogP) is 2.62. The molecule has 0 bridgehead atoms. The average molecular weight is 261 g/mol. The number of nitrogens with two attached hydrogens (primary N) is 1. The van der Waals surface area contributed by atoms with Crippen molar-refractivity contribution in [3.8, 4) is 11.1 Å². The molecule has 0 aromatic heterocycles. The first-order valence-corrected chi connectivity index (χ1v) is 7.13. The summed E-state index contributed by atoms with van der Waals surface area (Å²) >= 11 is 0. The zero-order valence-electron chi connectivity index (χ0n) is 10.3. The summed E-state index contributed by atoms with van der Waals surface area (Å²) < 4.78 is 23.2. The quantitative estimate of drug-likeness (QED) is 0.903. The molecule has 18 heavy (non-hydrogen) atoms. The zero-order chi connectivity index (χ0) is 13.3. The van der Waals surface area contributed by atoms with Crippen LogP contribution in [0.1, 0.15) is 11.1 Å². The molecule has 0 aliphatic carbocycles. The Morgan fingerprint density at radius 3 is 2.00 bits per heavy atom. The van der Waals surface area contributed by atoms with Crippen molar-refractivity contribution in [1.82, 2.24) is 0 Å². The van der Waals surface area contributed by atoms with Crippen molar-refractivity contribution in [3.63, 3.8) is 0 Å². The minimum atomic E-state index is -3.71. The first kappa shape index (κ1) is 12.8. The third kappa shape index (κ3) is 2.60. The third-order valence-corrected chi connectivity index (χ3v) is 3.77. The highest BCUT2D eigenvalue weighted by Gasteiger charge is 2.14. The van der Waals surface area contributed by atoms with E-state index in [1.807, 2.05) is 44.2 Å². The van der Waals surface area contributed by atoms with Crippen LogP contribution >= 0.6 is 0 Å². The lowest BCUT2D eigenvalue weighted by Gasteiger charge is -2.09. The zero-order valence-corrected chi connectivity index (χ0v) is 11.2. The number of hydrogen-bond donors (Lipinski definition) is 1.